The van der Waals surface area contributed by atoms with E-state index in [1.54, 1.807) is 4.90 Å². The van der Waals surface area contributed by atoms with E-state index >= 15 is 0 Å². The molecule has 5 nitrogen and oxygen atoms in total. The Bertz CT molecular complexity index is 293. The Labute approximate surface area is 95.6 Å². The van der Waals surface area contributed by atoms with E-state index in [0.717, 1.165) is 25.9 Å². The molecule has 2 aliphatic heterocycles. The normalized spacial score (nSPS) is 32.2. The van der Waals surface area contributed by atoms with Gasteiger partial charge >= 0.3 is 6.03 Å². The SMILES string of the molecule is C[C@@H]1CCC(N2CCC(=O)NC2=O)CNC1. The molecule has 0 saturated carbocycles. The molecule has 0 spiro atoms. The molecule has 1 unspecified atom stereocenters. The van der Waals surface area contributed by atoms with Gasteiger partial charge in [0, 0.05) is 25.6 Å². The molecule has 90 valence electrons. The van der Waals surface area contributed by atoms with Crippen molar-refractivity contribution in [3.63, 3.8) is 0 Å². The van der Waals surface area contributed by atoms with Gasteiger partial charge in [0.15, 0.2) is 0 Å². The Balaban J connectivity index is 1.95. The fourth-order valence-electron chi connectivity index (χ4n) is 2.37. The van der Waals surface area contributed by atoms with Gasteiger partial charge in [0.25, 0.3) is 0 Å². The minimum atomic E-state index is -0.224. The van der Waals surface area contributed by atoms with E-state index in [1.807, 2.05) is 0 Å². The molecule has 2 atom stereocenters. The molecule has 0 aliphatic carbocycles. The fraction of sp³-hybridized carbons (Fsp3) is 0.818. The molecule has 2 fully saturated rings. The summed E-state index contributed by atoms with van der Waals surface area (Å²) in [5, 5.41) is 5.75. The second kappa shape index (κ2) is 4.82. The van der Waals surface area contributed by atoms with Crippen molar-refractivity contribution in [2.75, 3.05) is 19.6 Å². The lowest BCUT2D eigenvalue weighted by Crippen LogP contribution is -2.55. The van der Waals surface area contributed by atoms with Gasteiger partial charge in [-0.2, -0.15) is 0 Å². The summed E-state index contributed by atoms with van der Waals surface area (Å²) in [5.41, 5.74) is 0. The maximum atomic E-state index is 11.7. The number of hydrogen-bond acceptors (Lipinski definition) is 3. The van der Waals surface area contributed by atoms with Crippen molar-refractivity contribution in [2.24, 2.45) is 5.92 Å². The summed E-state index contributed by atoms with van der Waals surface area (Å²) < 4.78 is 0. The molecule has 16 heavy (non-hydrogen) atoms. The molecule has 2 N–H and O–H groups in total. The van der Waals surface area contributed by atoms with Crippen LogP contribution in [0.4, 0.5) is 4.79 Å². The van der Waals surface area contributed by atoms with Gasteiger partial charge in [-0.15, -0.1) is 0 Å². The smallest absolute Gasteiger partial charge is 0.320 e. The Hall–Kier alpha value is -1.10. The minimum Gasteiger partial charge on any atom is -0.320 e. The number of carbonyl (C=O) groups is 2. The van der Waals surface area contributed by atoms with Crippen molar-refractivity contribution >= 4 is 11.9 Å². The average molecular weight is 225 g/mol. The summed E-state index contributed by atoms with van der Waals surface area (Å²) >= 11 is 0. The highest BCUT2D eigenvalue weighted by Gasteiger charge is 2.30. The van der Waals surface area contributed by atoms with Crippen LogP contribution in [0.25, 0.3) is 0 Å². The first-order valence-electron chi connectivity index (χ1n) is 5.98. The van der Waals surface area contributed by atoms with Crippen molar-refractivity contribution in [3.05, 3.63) is 0 Å². The van der Waals surface area contributed by atoms with Crippen molar-refractivity contribution in [3.8, 4) is 0 Å². The second-order valence-corrected chi connectivity index (χ2v) is 4.79. The van der Waals surface area contributed by atoms with E-state index in [2.05, 4.69) is 17.6 Å². The molecule has 2 rings (SSSR count). The summed E-state index contributed by atoms with van der Waals surface area (Å²) in [6.45, 7) is 4.64. The van der Waals surface area contributed by atoms with E-state index < -0.39 is 0 Å². The lowest BCUT2D eigenvalue weighted by atomic mass is 10.0. The number of nitrogens with one attached hydrogen (secondary N) is 2. The molecule has 0 aromatic heterocycles. The number of urea groups is 1. The first-order chi connectivity index (χ1) is 7.66. The standard InChI is InChI=1S/C11H19N3O2/c1-8-2-3-9(7-12-6-8)14-5-4-10(15)13-11(14)16/h8-9,12H,2-7H2,1H3,(H,13,15,16)/t8-,9?/m1/s1. The van der Waals surface area contributed by atoms with Crippen LogP contribution in [0.3, 0.4) is 0 Å². The summed E-state index contributed by atoms with van der Waals surface area (Å²) in [4.78, 5) is 24.5. The maximum absolute atomic E-state index is 11.7. The third kappa shape index (κ3) is 2.52. The van der Waals surface area contributed by atoms with Gasteiger partial charge in [-0.1, -0.05) is 6.92 Å². The van der Waals surface area contributed by atoms with Crippen LogP contribution in [0.15, 0.2) is 0 Å². The van der Waals surface area contributed by atoms with E-state index in [4.69, 9.17) is 0 Å². The highest BCUT2D eigenvalue weighted by Crippen LogP contribution is 2.17. The monoisotopic (exact) mass is 225 g/mol. The van der Waals surface area contributed by atoms with Gasteiger partial charge in [0.1, 0.15) is 0 Å². The molecule has 0 aromatic rings. The zero-order valence-corrected chi connectivity index (χ0v) is 9.66. The zero-order valence-electron chi connectivity index (χ0n) is 9.66. The predicted molar refractivity (Wildman–Crippen MR) is 59.9 cm³/mol. The lowest BCUT2D eigenvalue weighted by Gasteiger charge is -2.33. The zero-order chi connectivity index (χ0) is 11.5. The van der Waals surface area contributed by atoms with E-state index in [9.17, 15) is 9.59 Å². The Kier molecular flexibility index (Phi) is 3.43. The summed E-state index contributed by atoms with van der Waals surface area (Å²) in [6, 6.07) is 0.00986. The van der Waals surface area contributed by atoms with Gasteiger partial charge in [-0.05, 0) is 25.3 Å². The Morgan fingerprint density at radius 3 is 2.81 bits per heavy atom. The Morgan fingerprint density at radius 2 is 2.06 bits per heavy atom. The number of imide groups is 1. The quantitative estimate of drug-likeness (QED) is 0.675. The van der Waals surface area contributed by atoms with E-state index in [0.29, 0.717) is 18.9 Å². The highest BCUT2D eigenvalue weighted by atomic mass is 16.2. The van der Waals surface area contributed by atoms with Crippen molar-refractivity contribution in [1.82, 2.24) is 15.5 Å². The molecule has 2 saturated heterocycles. The molecule has 0 radical (unpaired) electrons. The molecule has 0 aromatic carbocycles. The summed E-state index contributed by atoms with van der Waals surface area (Å²) in [7, 11) is 0. The van der Waals surface area contributed by atoms with Crippen LogP contribution in [0, 0.1) is 5.92 Å². The molecular weight excluding hydrogens is 206 g/mol. The van der Waals surface area contributed by atoms with Gasteiger partial charge in [0.2, 0.25) is 5.91 Å². The number of nitrogens with zero attached hydrogens (tertiary/aromatic N) is 1. The van der Waals surface area contributed by atoms with E-state index in [-0.39, 0.29) is 18.0 Å². The largest absolute Gasteiger partial charge is 0.324 e. The van der Waals surface area contributed by atoms with Gasteiger partial charge in [-0.3, -0.25) is 10.1 Å². The predicted octanol–water partition coefficient (Wildman–Crippen LogP) is 0.316. The minimum absolute atomic E-state index is 0.156. The molecular formula is C11H19N3O2. The van der Waals surface area contributed by atoms with Crippen molar-refractivity contribution in [2.45, 2.75) is 32.2 Å². The molecule has 0 bridgehead atoms. The third-order valence-corrected chi connectivity index (χ3v) is 3.39. The van der Waals surface area contributed by atoms with Crippen LogP contribution in [-0.2, 0) is 4.79 Å². The summed E-state index contributed by atoms with van der Waals surface area (Å²) in [5.74, 6) is 0.510. The number of hydrogen-bond donors (Lipinski definition) is 2. The van der Waals surface area contributed by atoms with Crippen molar-refractivity contribution < 1.29 is 9.59 Å². The van der Waals surface area contributed by atoms with Crippen LogP contribution in [0.2, 0.25) is 0 Å². The molecule has 2 aliphatic rings. The molecule has 5 heteroatoms. The van der Waals surface area contributed by atoms with Crippen LogP contribution < -0.4 is 10.6 Å². The summed E-state index contributed by atoms with van der Waals surface area (Å²) in [6.07, 6.45) is 2.59. The Morgan fingerprint density at radius 1 is 1.25 bits per heavy atom. The fourth-order valence-corrected chi connectivity index (χ4v) is 2.37. The highest BCUT2D eigenvalue weighted by molar-refractivity contribution is 5.96. The van der Waals surface area contributed by atoms with Gasteiger partial charge in [-0.25, -0.2) is 4.79 Å². The van der Waals surface area contributed by atoms with Gasteiger partial charge < -0.3 is 10.2 Å². The lowest BCUT2D eigenvalue weighted by molar-refractivity contribution is -0.121. The maximum Gasteiger partial charge on any atom is 0.324 e. The molecule has 3 amide bonds. The number of amides is 3. The van der Waals surface area contributed by atoms with Crippen LogP contribution in [-0.4, -0.2) is 42.5 Å². The second-order valence-electron chi connectivity index (χ2n) is 4.79. The molecule has 2 heterocycles. The first kappa shape index (κ1) is 11.4. The topological polar surface area (TPSA) is 61.4 Å². The van der Waals surface area contributed by atoms with Gasteiger partial charge in [0.05, 0.1) is 0 Å². The average Bonchev–Trinajstić information content (AvgIpc) is 2.43. The third-order valence-electron chi connectivity index (χ3n) is 3.39. The van der Waals surface area contributed by atoms with Crippen LogP contribution in [0.1, 0.15) is 26.2 Å². The van der Waals surface area contributed by atoms with Crippen LogP contribution >= 0.6 is 0 Å². The van der Waals surface area contributed by atoms with Crippen molar-refractivity contribution in [1.29, 1.82) is 0 Å². The number of rotatable bonds is 1. The number of carbonyl (C=O) groups excluding carboxylic acids is 2. The van der Waals surface area contributed by atoms with Crippen LogP contribution in [0.5, 0.6) is 0 Å². The first-order valence-corrected chi connectivity index (χ1v) is 5.98. The van der Waals surface area contributed by atoms with E-state index in [1.165, 1.54) is 0 Å².